The standard InChI is InChI=1S/C19H25N3O3/c1-14(2)11-16(12-20)21-18(23)17-9-6-10-22(17)19(24)25-13-15-7-4-3-5-8-15/h3-5,7-8,14,16-17H,6,9-11,13H2,1-2H3,(H,21,23)/t16-,17-/m0/s1. The Labute approximate surface area is 148 Å². The van der Waals surface area contributed by atoms with Crippen molar-refractivity contribution < 1.29 is 14.3 Å². The Kier molecular flexibility index (Phi) is 6.81. The van der Waals surface area contributed by atoms with E-state index in [0.29, 0.717) is 25.3 Å². The van der Waals surface area contributed by atoms with Crippen molar-refractivity contribution in [2.45, 2.75) is 51.8 Å². The molecule has 1 saturated heterocycles. The molecule has 1 aromatic rings. The molecule has 0 radical (unpaired) electrons. The summed E-state index contributed by atoms with van der Waals surface area (Å²) in [7, 11) is 0. The summed E-state index contributed by atoms with van der Waals surface area (Å²) in [5.74, 6) is 0.0295. The molecule has 0 spiro atoms. The van der Waals surface area contributed by atoms with Gasteiger partial charge in [-0.05, 0) is 30.7 Å². The summed E-state index contributed by atoms with van der Waals surface area (Å²) >= 11 is 0. The van der Waals surface area contributed by atoms with Gasteiger partial charge >= 0.3 is 6.09 Å². The van der Waals surface area contributed by atoms with Gasteiger partial charge < -0.3 is 10.1 Å². The smallest absolute Gasteiger partial charge is 0.410 e. The first-order valence-electron chi connectivity index (χ1n) is 8.68. The number of ether oxygens (including phenoxy) is 1. The molecule has 1 aliphatic heterocycles. The van der Waals surface area contributed by atoms with Crippen LogP contribution in [0.5, 0.6) is 0 Å². The van der Waals surface area contributed by atoms with Crippen LogP contribution in [0.15, 0.2) is 30.3 Å². The molecule has 1 aromatic carbocycles. The van der Waals surface area contributed by atoms with Crippen LogP contribution in [0.2, 0.25) is 0 Å². The molecule has 1 aliphatic rings. The summed E-state index contributed by atoms with van der Waals surface area (Å²) in [5.41, 5.74) is 0.900. The van der Waals surface area contributed by atoms with Crippen molar-refractivity contribution in [3.05, 3.63) is 35.9 Å². The zero-order valence-corrected chi connectivity index (χ0v) is 14.8. The molecule has 2 atom stereocenters. The van der Waals surface area contributed by atoms with E-state index in [9.17, 15) is 14.9 Å². The highest BCUT2D eigenvalue weighted by Crippen LogP contribution is 2.19. The van der Waals surface area contributed by atoms with Gasteiger partial charge in [0.25, 0.3) is 0 Å². The molecule has 0 aliphatic carbocycles. The van der Waals surface area contributed by atoms with E-state index in [0.717, 1.165) is 12.0 Å². The lowest BCUT2D eigenvalue weighted by molar-refractivity contribution is -0.125. The maximum atomic E-state index is 12.5. The number of carbonyl (C=O) groups is 2. The topological polar surface area (TPSA) is 82.4 Å². The van der Waals surface area contributed by atoms with E-state index in [4.69, 9.17) is 4.74 Å². The highest BCUT2D eigenvalue weighted by atomic mass is 16.6. The minimum Gasteiger partial charge on any atom is -0.445 e. The Balaban J connectivity index is 1.91. The van der Waals surface area contributed by atoms with E-state index in [2.05, 4.69) is 11.4 Å². The third kappa shape index (κ3) is 5.49. The Bertz CT molecular complexity index is 625. The van der Waals surface area contributed by atoms with Crippen molar-refractivity contribution in [1.82, 2.24) is 10.2 Å². The third-order valence-electron chi connectivity index (χ3n) is 4.17. The van der Waals surface area contributed by atoms with Gasteiger partial charge in [0, 0.05) is 6.54 Å². The van der Waals surface area contributed by atoms with E-state index in [1.165, 1.54) is 4.90 Å². The normalized spacial score (nSPS) is 17.8. The number of hydrogen-bond acceptors (Lipinski definition) is 4. The van der Waals surface area contributed by atoms with E-state index in [1.807, 2.05) is 44.2 Å². The number of amides is 2. The lowest BCUT2D eigenvalue weighted by atomic mass is 10.0. The Morgan fingerprint density at radius 2 is 2.08 bits per heavy atom. The predicted octanol–water partition coefficient (Wildman–Crippen LogP) is 2.84. The monoisotopic (exact) mass is 343 g/mol. The van der Waals surface area contributed by atoms with Crippen LogP contribution in [0.4, 0.5) is 4.79 Å². The lowest BCUT2D eigenvalue weighted by Gasteiger charge is -2.24. The maximum Gasteiger partial charge on any atom is 0.410 e. The Morgan fingerprint density at radius 3 is 2.72 bits per heavy atom. The van der Waals surface area contributed by atoms with Crippen molar-refractivity contribution in [2.75, 3.05) is 6.54 Å². The van der Waals surface area contributed by atoms with Gasteiger partial charge in [-0.2, -0.15) is 5.26 Å². The second kappa shape index (κ2) is 9.07. The molecule has 0 aromatic heterocycles. The number of rotatable bonds is 6. The van der Waals surface area contributed by atoms with Crippen LogP contribution in [0.25, 0.3) is 0 Å². The summed E-state index contributed by atoms with van der Waals surface area (Å²) in [6, 6.07) is 10.4. The van der Waals surface area contributed by atoms with Gasteiger partial charge in [0.15, 0.2) is 0 Å². The van der Waals surface area contributed by atoms with Crippen molar-refractivity contribution >= 4 is 12.0 Å². The van der Waals surface area contributed by atoms with Crippen LogP contribution in [-0.4, -0.2) is 35.5 Å². The fourth-order valence-electron chi connectivity index (χ4n) is 2.94. The van der Waals surface area contributed by atoms with Gasteiger partial charge in [-0.15, -0.1) is 0 Å². The quantitative estimate of drug-likeness (QED) is 0.861. The molecule has 134 valence electrons. The number of nitrogens with zero attached hydrogens (tertiary/aromatic N) is 2. The zero-order valence-electron chi connectivity index (χ0n) is 14.8. The van der Waals surface area contributed by atoms with Crippen LogP contribution >= 0.6 is 0 Å². The lowest BCUT2D eigenvalue weighted by Crippen LogP contribution is -2.48. The average molecular weight is 343 g/mol. The molecule has 2 amide bonds. The number of nitrogens with one attached hydrogen (secondary N) is 1. The van der Waals surface area contributed by atoms with E-state index in [1.54, 1.807) is 0 Å². The fourth-order valence-corrected chi connectivity index (χ4v) is 2.94. The van der Waals surface area contributed by atoms with E-state index in [-0.39, 0.29) is 12.5 Å². The number of likely N-dealkylation sites (tertiary alicyclic amines) is 1. The summed E-state index contributed by atoms with van der Waals surface area (Å²) in [4.78, 5) is 26.3. The molecule has 2 rings (SSSR count). The highest BCUT2D eigenvalue weighted by molar-refractivity contribution is 5.86. The van der Waals surface area contributed by atoms with Crippen LogP contribution in [0.3, 0.4) is 0 Å². The molecule has 6 nitrogen and oxygen atoms in total. The van der Waals surface area contributed by atoms with Crippen LogP contribution in [0, 0.1) is 17.2 Å². The zero-order chi connectivity index (χ0) is 18.2. The average Bonchev–Trinajstić information content (AvgIpc) is 3.09. The van der Waals surface area contributed by atoms with Gasteiger partial charge in [-0.25, -0.2) is 4.79 Å². The SMILES string of the molecule is CC(C)C[C@@H](C#N)NC(=O)[C@@H]1CCCN1C(=O)OCc1ccccc1. The molecule has 1 N–H and O–H groups in total. The molecule has 0 unspecified atom stereocenters. The minimum absolute atomic E-state index is 0.179. The molecule has 1 fully saturated rings. The number of carbonyl (C=O) groups excluding carboxylic acids is 2. The number of benzene rings is 1. The number of hydrogen-bond donors (Lipinski definition) is 1. The Morgan fingerprint density at radius 1 is 1.36 bits per heavy atom. The highest BCUT2D eigenvalue weighted by Gasteiger charge is 2.35. The molecule has 1 heterocycles. The Hall–Kier alpha value is -2.55. The second-order valence-electron chi connectivity index (χ2n) is 6.71. The summed E-state index contributed by atoms with van der Waals surface area (Å²) in [6.45, 7) is 4.67. The van der Waals surface area contributed by atoms with Crippen molar-refractivity contribution in [1.29, 1.82) is 5.26 Å². The van der Waals surface area contributed by atoms with Crippen molar-refractivity contribution in [3.8, 4) is 6.07 Å². The number of nitriles is 1. The summed E-state index contributed by atoms with van der Waals surface area (Å²) < 4.78 is 5.33. The van der Waals surface area contributed by atoms with Gasteiger partial charge in [0.1, 0.15) is 18.7 Å². The second-order valence-corrected chi connectivity index (χ2v) is 6.71. The summed E-state index contributed by atoms with van der Waals surface area (Å²) in [5, 5.41) is 11.9. The fraction of sp³-hybridized carbons (Fsp3) is 0.526. The van der Waals surface area contributed by atoms with E-state index < -0.39 is 18.2 Å². The summed E-state index contributed by atoms with van der Waals surface area (Å²) in [6.07, 6.45) is 1.44. The maximum absolute atomic E-state index is 12.5. The molecule has 0 bridgehead atoms. The molecule has 0 saturated carbocycles. The predicted molar refractivity (Wildman–Crippen MR) is 93.4 cm³/mol. The van der Waals surface area contributed by atoms with Gasteiger partial charge in [-0.1, -0.05) is 44.2 Å². The van der Waals surface area contributed by atoms with Crippen molar-refractivity contribution in [2.24, 2.45) is 5.92 Å². The molecule has 6 heteroatoms. The van der Waals surface area contributed by atoms with Gasteiger partial charge in [-0.3, -0.25) is 9.69 Å². The minimum atomic E-state index is -0.564. The molecular formula is C19H25N3O3. The van der Waals surface area contributed by atoms with Crippen LogP contribution in [0.1, 0.15) is 38.7 Å². The van der Waals surface area contributed by atoms with Crippen LogP contribution in [-0.2, 0) is 16.1 Å². The van der Waals surface area contributed by atoms with E-state index >= 15 is 0 Å². The first-order chi connectivity index (χ1) is 12.0. The van der Waals surface area contributed by atoms with Crippen LogP contribution < -0.4 is 5.32 Å². The third-order valence-corrected chi connectivity index (χ3v) is 4.17. The molecular weight excluding hydrogens is 318 g/mol. The first-order valence-corrected chi connectivity index (χ1v) is 8.68. The first kappa shape index (κ1) is 18.8. The van der Waals surface area contributed by atoms with Gasteiger partial charge in [0.2, 0.25) is 5.91 Å². The largest absolute Gasteiger partial charge is 0.445 e. The van der Waals surface area contributed by atoms with Gasteiger partial charge in [0.05, 0.1) is 6.07 Å². The van der Waals surface area contributed by atoms with Crippen molar-refractivity contribution in [3.63, 3.8) is 0 Å². The molecule has 25 heavy (non-hydrogen) atoms.